The fraction of sp³-hybridized carbons (Fsp3) is 0.250. The first kappa shape index (κ1) is 13.6. The summed E-state index contributed by atoms with van der Waals surface area (Å²) in [5.74, 6) is -1.76. The molecule has 0 aliphatic carbocycles. The zero-order valence-electron chi connectivity index (χ0n) is 9.50. The van der Waals surface area contributed by atoms with E-state index in [0.717, 1.165) is 5.56 Å². The zero-order chi connectivity index (χ0) is 13.4. The zero-order valence-corrected chi connectivity index (χ0v) is 9.50. The maximum Gasteiger partial charge on any atom is 0.326 e. The van der Waals surface area contributed by atoms with E-state index >= 15 is 0 Å². The molecule has 1 amide bonds. The average Bonchev–Trinajstić information content (AvgIpc) is 2.36. The van der Waals surface area contributed by atoms with Crippen LogP contribution in [-0.4, -0.2) is 35.6 Å². The number of carbonyl (C=O) groups is 2. The first-order chi connectivity index (χ1) is 8.63. The Kier molecular flexibility index (Phi) is 5.28. The van der Waals surface area contributed by atoms with E-state index in [9.17, 15) is 14.4 Å². The molecule has 0 saturated carbocycles. The number of aliphatic carboxylic acids is 1. The Morgan fingerprint density at radius 1 is 1.33 bits per heavy atom. The maximum absolute atomic E-state index is 11.3. The summed E-state index contributed by atoms with van der Waals surface area (Å²) < 4.78 is 0. The summed E-state index contributed by atoms with van der Waals surface area (Å²) >= 11 is 0. The van der Waals surface area contributed by atoms with Gasteiger partial charge in [0.1, 0.15) is 12.6 Å². The highest BCUT2D eigenvalue weighted by Crippen LogP contribution is 2.03. The summed E-state index contributed by atoms with van der Waals surface area (Å²) in [4.78, 5) is 35.2. The normalized spacial score (nSPS) is 11.1. The average molecular weight is 248 g/mol. The first-order valence-electron chi connectivity index (χ1n) is 5.23. The van der Waals surface area contributed by atoms with Gasteiger partial charge in [-0.25, -0.2) is 9.59 Å². The molecule has 0 spiro atoms. The molecular weight excluding hydrogens is 236 g/mol. The minimum Gasteiger partial charge on any atom is -0.480 e. The third kappa shape index (κ3) is 4.59. The van der Waals surface area contributed by atoms with Gasteiger partial charge in [-0.05, 0) is 5.56 Å². The van der Waals surface area contributed by atoms with Crippen molar-refractivity contribution in [3.8, 4) is 0 Å². The highest BCUT2D eigenvalue weighted by Gasteiger charge is 2.19. The summed E-state index contributed by atoms with van der Waals surface area (Å²) in [5.41, 5.74) is 0.795. The standard InChI is InChI=1S/C12H12N2O4/c15-8-13-7-11(16)14-10(12(17)18)6-9-4-2-1-3-5-9/h1-5,10H,6-7H2,(H,14,16)(H,17,18). The Bertz CT molecular complexity index is 466. The van der Waals surface area contributed by atoms with Crippen molar-refractivity contribution in [1.29, 1.82) is 0 Å². The van der Waals surface area contributed by atoms with Gasteiger partial charge in [0.05, 0.1) is 0 Å². The highest BCUT2D eigenvalue weighted by molar-refractivity contribution is 5.85. The molecule has 6 heteroatoms. The van der Waals surface area contributed by atoms with Crippen molar-refractivity contribution in [2.45, 2.75) is 12.5 Å². The molecule has 0 aliphatic heterocycles. The highest BCUT2D eigenvalue weighted by atomic mass is 16.4. The number of isocyanates is 1. The number of rotatable bonds is 6. The van der Waals surface area contributed by atoms with Gasteiger partial charge in [0.2, 0.25) is 12.0 Å². The van der Waals surface area contributed by atoms with Crippen LogP contribution in [0.15, 0.2) is 35.3 Å². The smallest absolute Gasteiger partial charge is 0.326 e. The number of nitrogens with zero attached hydrogens (tertiary/aromatic N) is 1. The SMILES string of the molecule is O=C=NCC(=O)NC(Cc1ccccc1)C(=O)O. The van der Waals surface area contributed by atoms with Gasteiger partial charge in [0.15, 0.2) is 0 Å². The fourth-order valence-electron chi connectivity index (χ4n) is 1.39. The monoisotopic (exact) mass is 248 g/mol. The molecule has 0 fully saturated rings. The lowest BCUT2D eigenvalue weighted by atomic mass is 10.1. The second kappa shape index (κ2) is 6.98. The molecular formula is C12H12N2O4. The van der Waals surface area contributed by atoms with Crippen molar-refractivity contribution >= 4 is 18.0 Å². The first-order valence-corrected chi connectivity index (χ1v) is 5.23. The van der Waals surface area contributed by atoms with Crippen molar-refractivity contribution < 1.29 is 19.5 Å². The van der Waals surface area contributed by atoms with Crippen LogP contribution in [-0.2, 0) is 20.8 Å². The molecule has 0 bridgehead atoms. The number of nitrogens with one attached hydrogen (secondary N) is 1. The van der Waals surface area contributed by atoms with Crippen LogP contribution in [0.3, 0.4) is 0 Å². The van der Waals surface area contributed by atoms with Gasteiger partial charge in [0, 0.05) is 6.42 Å². The van der Waals surface area contributed by atoms with Gasteiger partial charge < -0.3 is 10.4 Å². The van der Waals surface area contributed by atoms with E-state index in [0.29, 0.717) is 0 Å². The van der Waals surface area contributed by atoms with E-state index < -0.39 is 24.5 Å². The molecule has 0 aromatic heterocycles. The van der Waals surface area contributed by atoms with Gasteiger partial charge in [-0.15, -0.1) is 0 Å². The molecule has 0 heterocycles. The molecule has 6 nitrogen and oxygen atoms in total. The second-order valence-electron chi connectivity index (χ2n) is 3.56. The molecule has 2 N–H and O–H groups in total. The van der Waals surface area contributed by atoms with Crippen molar-refractivity contribution in [2.75, 3.05) is 6.54 Å². The van der Waals surface area contributed by atoms with Gasteiger partial charge >= 0.3 is 5.97 Å². The Balaban J connectivity index is 2.63. The molecule has 94 valence electrons. The quantitative estimate of drug-likeness (QED) is 0.552. The predicted octanol–water partition coefficient (Wildman–Crippen LogP) is 0.134. The number of hydrogen-bond donors (Lipinski definition) is 2. The van der Waals surface area contributed by atoms with Crippen LogP contribution < -0.4 is 5.32 Å². The summed E-state index contributed by atoms with van der Waals surface area (Å²) in [6, 6.07) is 7.88. The lowest BCUT2D eigenvalue weighted by Gasteiger charge is -2.13. The van der Waals surface area contributed by atoms with Crippen LogP contribution in [0.2, 0.25) is 0 Å². The minimum absolute atomic E-state index is 0.173. The van der Waals surface area contributed by atoms with Crippen molar-refractivity contribution in [3.05, 3.63) is 35.9 Å². The minimum atomic E-state index is -1.14. The lowest BCUT2D eigenvalue weighted by molar-refractivity contribution is -0.141. The lowest BCUT2D eigenvalue weighted by Crippen LogP contribution is -2.43. The van der Waals surface area contributed by atoms with Crippen LogP contribution in [0.1, 0.15) is 5.56 Å². The third-order valence-electron chi connectivity index (χ3n) is 2.20. The summed E-state index contributed by atoms with van der Waals surface area (Å²) in [7, 11) is 0. The Labute approximate surface area is 103 Å². The summed E-state index contributed by atoms with van der Waals surface area (Å²) in [6.45, 7) is -0.415. The molecule has 18 heavy (non-hydrogen) atoms. The van der Waals surface area contributed by atoms with Crippen molar-refractivity contribution in [2.24, 2.45) is 4.99 Å². The Hall–Kier alpha value is -2.46. The summed E-state index contributed by atoms with van der Waals surface area (Å²) in [6.07, 6.45) is 1.39. The number of carboxylic acids is 1. The van der Waals surface area contributed by atoms with Gasteiger partial charge in [-0.2, -0.15) is 4.99 Å². The number of amides is 1. The number of aliphatic imine (C=N–C) groups is 1. The van der Waals surface area contributed by atoms with E-state index in [-0.39, 0.29) is 6.42 Å². The Morgan fingerprint density at radius 2 is 2.00 bits per heavy atom. The fourth-order valence-corrected chi connectivity index (χ4v) is 1.39. The second-order valence-corrected chi connectivity index (χ2v) is 3.56. The van der Waals surface area contributed by atoms with Crippen molar-refractivity contribution in [3.63, 3.8) is 0 Å². The molecule has 1 unspecified atom stereocenters. The number of benzene rings is 1. The number of carboxylic acid groups (broad SMARTS) is 1. The van der Waals surface area contributed by atoms with Crippen LogP contribution in [0.25, 0.3) is 0 Å². The van der Waals surface area contributed by atoms with Crippen molar-refractivity contribution in [1.82, 2.24) is 5.32 Å². The van der Waals surface area contributed by atoms with Crippen LogP contribution >= 0.6 is 0 Å². The van der Waals surface area contributed by atoms with Crippen LogP contribution in [0.4, 0.5) is 0 Å². The molecule has 0 aliphatic rings. The van der Waals surface area contributed by atoms with Crippen LogP contribution in [0.5, 0.6) is 0 Å². The maximum atomic E-state index is 11.3. The van der Waals surface area contributed by atoms with E-state index in [1.807, 2.05) is 6.07 Å². The van der Waals surface area contributed by atoms with Gasteiger partial charge in [0.25, 0.3) is 0 Å². The van der Waals surface area contributed by atoms with E-state index in [1.165, 1.54) is 6.08 Å². The molecule has 0 saturated heterocycles. The van der Waals surface area contributed by atoms with E-state index in [1.54, 1.807) is 24.3 Å². The van der Waals surface area contributed by atoms with Gasteiger partial charge in [-0.1, -0.05) is 30.3 Å². The van der Waals surface area contributed by atoms with E-state index in [4.69, 9.17) is 5.11 Å². The van der Waals surface area contributed by atoms with Gasteiger partial charge in [-0.3, -0.25) is 4.79 Å². The third-order valence-corrected chi connectivity index (χ3v) is 2.20. The molecule has 1 rings (SSSR count). The molecule has 1 atom stereocenters. The predicted molar refractivity (Wildman–Crippen MR) is 62.7 cm³/mol. The molecule has 1 aromatic rings. The molecule has 1 aromatic carbocycles. The number of hydrogen-bond acceptors (Lipinski definition) is 4. The van der Waals surface area contributed by atoms with Crippen LogP contribution in [0, 0.1) is 0 Å². The number of carbonyl (C=O) groups excluding carboxylic acids is 2. The Morgan fingerprint density at radius 3 is 2.56 bits per heavy atom. The topological polar surface area (TPSA) is 95.8 Å². The molecule has 0 radical (unpaired) electrons. The largest absolute Gasteiger partial charge is 0.480 e. The summed E-state index contributed by atoms with van der Waals surface area (Å²) in [5, 5.41) is 11.3. The van der Waals surface area contributed by atoms with E-state index in [2.05, 4.69) is 10.3 Å².